The zero-order valence-corrected chi connectivity index (χ0v) is 13.1. The van der Waals surface area contributed by atoms with Gasteiger partial charge in [0, 0.05) is 25.2 Å². The maximum atomic E-state index is 12.4. The average molecular weight is 326 g/mol. The number of non-ortho nitro benzene ring substituents is 1. The van der Waals surface area contributed by atoms with Crippen molar-refractivity contribution in [3.05, 3.63) is 75.3 Å². The van der Waals surface area contributed by atoms with Gasteiger partial charge in [-0.3, -0.25) is 14.9 Å². The largest absolute Gasteiger partial charge is 0.388 e. The molecule has 0 fully saturated rings. The average Bonchev–Trinajstić information content (AvgIpc) is 2.61. The van der Waals surface area contributed by atoms with Crippen LogP contribution in [0.15, 0.2) is 48.5 Å². The van der Waals surface area contributed by atoms with Gasteiger partial charge in [0.25, 0.3) is 5.69 Å². The zero-order chi connectivity index (χ0) is 17.1. The van der Waals surface area contributed by atoms with Crippen LogP contribution < -0.4 is 0 Å². The molecule has 24 heavy (non-hydrogen) atoms. The third kappa shape index (κ3) is 3.44. The predicted molar refractivity (Wildman–Crippen MR) is 88.2 cm³/mol. The first kappa shape index (κ1) is 16.1. The highest BCUT2D eigenvalue weighted by molar-refractivity contribution is 5.77. The standard InChI is InChI=1S/C18H18N2O4/c21-17(14-4-2-1-3-5-14)11-18(22)19-9-8-13-6-7-16(20(23)24)10-15(13)12-19/h1-7,10,17,21H,8-9,11-12H2. The summed E-state index contributed by atoms with van der Waals surface area (Å²) in [7, 11) is 0. The topological polar surface area (TPSA) is 83.7 Å². The van der Waals surface area contributed by atoms with Crippen molar-refractivity contribution in [2.45, 2.75) is 25.5 Å². The zero-order valence-electron chi connectivity index (χ0n) is 13.1. The summed E-state index contributed by atoms with van der Waals surface area (Å²) in [6.45, 7) is 0.905. The van der Waals surface area contributed by atoms with Crippen LogP contribution in [-0.4, -0.2) is 27.4 Å². The highest BCUT2D eigenvalue weighted by Crippen LogP contribution is 2.25. The van der Waals surface area contributed by atoms with E-state index in [9.17, 15) is 20.0 Å². The Hall–Kier alpha value is -2.73. The fourth-order valence-corrected chi connectivity index (χ4v) is 2.96. The maximum Gasteiger partial charge on any atom is 0.269 e. The van der Waals surface area contributed by atoms with Crippen LogP contribution in [0.4, 0.5) is 5.69 Å². The quantitative estimate of drug-likeness (QED) is 0.691. The van der Waals surface area contributed by atoms with E-state index >= 15 is 0 Å². The van der Waals surface area contributed by atoms with Gasteiger partial charge >= 0.3 is 0 Å². The highest BCUT2D eigenvalue weighted by Gasteiger charge is 2.24. The molecule has 1 atom stereocenters. The van der Waals surface area contributed by atoms with Crippen LogP contribution in [0.5, 0.6) is 0 Å². The molecule has 0 radical (unpaired) electrons. The first-order valence-corrected chi connectivity index (χ1v) is 7.81. The van der Waals surface area contributed by atoms with Crippen LogP contribution in [0, 0.1) is 10.1 Å². The van der Waals surface area contributed by atoms with Crippen molar-refractivity contribution in [1.82, 2.24) is 4.90 Å². The van der Waals surface area contributed by atoms with Crippen molar-refractivity contribution in [2.75, 3.05) is 6.54 Å². The molecule has 1 amide bonds. The number of hydrogen-bond acceptors (Lipinski definition) is 4. The molecule has 0 aliphatic carbocycles. The molecule has 2 aromatic carbocycles. The molecule has 1 aliphatic rings. The van der Waals surface area contributed by atoms with E-state index in [1.54, 1.807) is 23.1 Å². The first-order valence-electron chi connectivity index (χ1n) is 7.81. The molecule has 1 N–H and O–H groups in total. The van der Waals surface area contributed by atoms with Gasteiger partial charge in [0.15, 0.2) is 0 Å². The van der Waals surface area contributed by atoms with E-state index in [2.05, 4.69) is 0 Å². The number of nitrogens with zero attached hydrogens (tertiary/aromatic N) is 2. The third-order valence-corrected chi connectivity index (χ3v) is 4.32. The Morgan fingerprint density at radius 1 is 1.21 bits per heavy atom. The fraction of sp³-hybridized carbons (Fsp3) is 0.278. The van der Waals surface area contributed by atoms with Crippen LogP contribution in [-0.2, 0) is 17.8 Å². The molecule has 1 heterocycles. The van der Waals surface area contributed by atoms with E-state index in [4.69, 9.17) is 0 Å². The van der Waals surface area contributed by atoms with E-state index in [0.717, 1.165) is 11.1 Å². The lowest BCUT2D eigenvalue weighted by Gasteiger charge is -2.29. The summed E-state index contributed by atoms with van der Waals surface area (Å²) >= 11 is 0. The number of rotatable bonds is 4. The van der Waals surface area contributed by atoms with Gasteiger partial charge in [-0.25, -0.2) is 0 Å². The summed E-state index contributed by atoms with van der Waals surface area (Å²) in [4.78, 5) is 24.6. The fourth-order valence-electron chi connectivity index (χ4n) is 2.96. The van der Waals surface area contributed by atoms with Crippen LogP contribution >= 0.6 is 0 Å². The lowest BCUT2D eigenvalue weighted by atomic mass is 9.98. The van der Waals surface area contributed by atoms with Crippen molar-refractivity contribution >= 4 is 11.6 Å². The second-order valence-corrected chi connectivity index (χ2v) is 5.91. The smallest absolute Gasteiger partial charge is 0.269 e. The molecule has 0 saturated heterocycles. The highest BCUT2D eigenvalue weighted by atomic mass is 16.6. The molecule has 2 aromatic rings. The molecule has 1 unspecified atom stereocenters. The van der Waals surface area contributed by atoms with Crippen molar-refractivity contribution < 1.29 is 14.8 Å². The number of nitro benzene ring substituents is 1. The van der Waals surface area contributed by atoms with Gasteiger partial charge in [0.2, 0.25) is 5.91 Å². The minimum absolute atomic E-state index is 0.00821. The number of carbonyl (C=O) groups excluding carboxylic acids is 1. The molecular weight excluding hydrogens is 308 g/mol. The Kier molecular flexibility index (Phi) is 4.57. The van der Waals surface area contributed by atoms with Crippen LogP contribution in [0.3, 0.4) is 0 Å². The number of aliphatic hydroxyl groups excluding tert-OH is 1. The van der Waals surface area contributed by atoms with E-state index in [0.29, 0.717) is 25.1 Å². The van der Waals surface area contributed by atoms with Gasteiger partial charge in [-0.1, -0.05) is 36.4 Å². The Morgan fingerprint density at radius 3 is 2.67 bits per heavy atom. The molecule has 3 rings (SSSR count). The number of amides is 1. The Morgan fingerprint density at radius 2 is 1.96 bits per heavy atom. The van der Waals surface area contributed by atoms with E-state index in [-0.39, 0.29) is 18.0 Å². The molecule has 0 bridgehead atoms. The lowest BCUT2D eigenvalue weighted by Crippen LogP contribution is -2.36. The predicted octanol–water partition coefficient (Wildman–Crippen LogP) is 2.60. The van der Waals surface area contributed by atoms with Crippen molar-refractivity contribution in [3.8, 4) is 0 Å². The normalized spacial score (nSPS) is 14.8. The van der Waals surface area contributed by atoms with Crippen molar-refractivity contribution in [1.29, 1.82) is 0 Å². The Balaban J connectivity index is 1.69. The molecule has 0 saturated carbocycles. The number of benzene rings is 2. The van der Waals surface area contributed by atoms with Gasteiger partial charge < -0.3 is 10.0 Å². The molecule has 6 nitrogen and oxygen atoms in total. The van der Waals surface area contributed by atoms with E-state index < -0.39 is 11.0 Å². The summed E-state index contributed by atoms with van der Waals surface area (Å²) in [5.41, 5.74) is 2.58. The van der Waals surface area contributed by atoms with Crippen molar-refractivity contribution in [3.63, 3.8) is 0 Å². The number of fused-ring (bicyclic) bond motifs is 1. The molecule has 1 aliphatic heterocycles. The number of hydrogen-bond donors (Lipinski definition) is 1. The summed E-state index contributed by atoms with van der Waals surface area (Å²) in [5, 5.41) is 21.1. The minimum atomic E-state index is -0.842. The minimum Gasteiger partial charge on any atom is -0.388 e. The molecule has 0 spiro atoms. The molecule has 0 aromatic heterocycles. The van der Waals surface area contributed by atoms with E-state index in [1.807, 2.05) is 18.2 Å². The van der Waals surface area contributed by atoms with Gasteiger partial charge in [-0.2, -0.15) is 0 Å². The Bertz CT molecular complexity index is 761. The van der Waals surface area contributed by atoms with Gasteiger partial charge in [0.1, 0.15) is 0 Å². The summed E-state index contributed by atoms with van der Waals surface area (Å²) < 4.78 is 0. The monoisotopic (exact) mass is 326 g/mol. The Labute approximate surface area is 139 Å². The summed E-state index contributed by atoms with van der Waals surface area (Å²) in [6.07, 6.45) is -0.167. The molecular formula is C18H18N2O4. The SMILES string of the molecule is O=C(CC(O)c1ccccc1)N1CCc2ccc([N+](=O)[O-])cc2C1. The van der Waals surface area contributed by atoms with Crippen LogP contribution in [0.2, 0.25) is 0 Å². The number of aliphatic hydroxyl groups is 1. The number of carbonyl (C=O) groups is 1. The molecule has 6 heteroatoms. The van der Waals surface area contributed by atoms with Crippen molar-refractivity contribution in [2.24, 2.45) is 0 Å². The lowest BCUT2D eigenvalue weighted by molar-refractivity contribution is -0.385. The first-order chi connectivity index (χ1) is 11.5. The summed E-state index contributed by atoms with van der Waals surface area (Å²) in [5.74, 6) is -0.150. The second-order valence-electron chi connectivity index (χ2n) is 5.91. The van der Waals surface area contributed by atoms with Crippen LogP contribution in [0.1, 0.15) is 29.2 Å². The van der Waals surface area contributed by atoms with Gasteiger partial charge in [0.05, 0.1) is 17.4 Å². The summed E-state index contributed by atoms with van der Waals surface area (Å²) in [6, 6.07) is 13.8. The van der Waals surface area contributed by atoms with Gasteiger partial charge in [-0.05, 0) is 23.1 Å². The maximum absolute atomic E-state index is 12.4. The van der Waals surface area contributed by atoms with E-state index in [1.165, 1.54) is 12.1 Å². The molecule has 124 valence electrons. The second kappa shape index (κ2) is 6.80. The van der Waals surface area contributed by atoms with Gasteiger partial charge in [-0.15, -0.1) is 0 Å². The van der Waals surface area contributed by atoms with Crippen LogP contribution in [0.25, 0.3) is 0 Å². The number of nitro groups is 1. The third-order valence-electron chi connectivity index (χ3n) is 4.32.